The lowest BCUT2D eigenvalue weighted by atomic mass is 10.1. The number of halogens is 3. The Kier molecular flexibility index (Phi) is 4.14. The van der Waals surface area contributed by atoms with Gasteiger partial charge in [0.05, 0.1) is 28.9 Å². The van der Waals surface area contributed by atoms with Crippen LogP contribution in [0.4, 0.5) is 13.2 Å². The zero-order chi connectivity index (χ0) is 20.2. The highest BCUT2D eigenvalue weighted by molar-refractivity contribution is 7.15. The van der Waals surface area contributed by atoms with Crippen molar-refractivity contribution in [2.75, 3.05) is 7.05 Å². The molecule has 0 aromatic carbocycles. The predicted molar refractivity (Wildman–Crippen MR) is 97.1 cm³/mol. The number of nitrogens with zero attached hydrogens (tertiary/aromatic N) is 6. The van der Waals surface area contributed by atoms with Crippen molar-refractivity contribution in [2.45, 2.75) is 19.6 Å². The van der Waals surface area contributed by atoms with Crippen LogP contribution in [0.2, 0.25) is 0 Å². The summed E-state index contributed by atoms with van der Waals surface area (Å²) in [6, 6.07) is 1.19. The molecule has 0 aliphatic carbocycles. The van der Waals surface area contributed by atoms with E-state index >= 15 is 0 Å². The first kappa shape index (κ1) is 18.4. The fourth-order valence-corrected chi connectivity index (χ4v) is 3.89. The summed E-state index contributed by atoms with van der Waals surface area (Å²) in [5.41, 5.74) is 0.724. The number of imidazole rings is 1. The minimum absolute atomic E-state index is 0.0669. The first-order chi connectivity index (χ1) is 13.2. The predicted octanol–water partition coefficient (Wildman–Crippen LogP) is 3.28. The fraction of sp³-hybridized carbons (Fsp3) is 0.294. The van der Waals surface area contributed by atoms with Crippen molar-refractivity contribution >= 4 is 33.2 Å². The second-order valence-electron chi connectivity index (χ2n) is 6.43. The van der Waals surface area contributed by atoms with Gasteiger partial charge in [-0.2, -0.15) is 18.3 Å². The SMILES string of the molecule is Cc1nc2sccn2c1CN(C)C(=O)c1cnc2c(c1)c(C(F)(F)F)nn2C. The van der Waals surface area contributed by atoms with Crippen LogP contribution < -0.4 is 0 Å². The van der Waals surface area contributed by atoms with Crippen molar-refractivity contribution in [1.82, 2.24) is 29.0 Å². The topological polar surface area (TPSA) is 68.3 Å². The van der Waals surface area contributed by atoms with Crippen LogP contribution in [0.1, 0.15) is 27.4 Å². The van der Waals surface area contributed by atoms with E-state index in [0.717, 1.165) is 21.0 Å². The van der Waals surface area contributed by atoms with Crippen LogP contribution >= 0.6 is 11.3 Å². The van der Waals surface area contributed by atoms with Gasteiger partial charge in [0.2, 0.25) is 0 Å². The van der Waals surface area contributed by atoms with Gasteiger partial charge < -0.3 is 4.90 Å². The quantitative estimate of drug-likeness (QED) is 0.522. The minimum Gasteiger partial charge on any atom is -0.336 e. The smallest absolute Gasteiger partial charge is 0.336 e. The molecule has 0 saturated carbocycles. The van der Waals surface area contributed by atoms with Crippen molar-refractivity contribution < 1.29 is 18.0 Å². The third-order valence-electron chi connectivity index (χ3n) is 4.49. The molecule has 0 fully saturated rings. The van der Waals surface area contributed by atoms with Gasteiger partial charge in [-0.3, -0.25) is 9.20 Å². The van der Waals surface area contributed by atoms with E-state index in [4.69, 9.17) is 0 Å². The fourth-order valence-electron chi connectivity index (χ4n) is 3.12. The van der Waals surface area contributed by atoms with E-state index in [1.807, 2.05) is 22.9 Å². The molecular formula is C17H15F3N6OS. The Morgan fingerprint density at radius 3 is 2.82 bits per heavy atom. The van der Waals surface area contributed by atoms with E-state index in [9.17, 15) is 18.0 Å². The van der Waals surface area contributed by atoms with Crippen LogP contribution in [0.15, 0.2) is 23.8 Å². The lowest BCUT2D eigenvalue weighted by Crippen LogP contribution is -2.27. The minimum atomic E-state index is -4.63. The summed E-state index contributed by atoms with van der Waals surface area (Å²) in [5, 5.41) is 5.20. The van der Waals surface area contributed by atoms with Crippen molar-refractivity contribution in [3.05, 3.63) is 46.5 Å². The molecule has 4 rings (SSSR count). The molecule has 0 radical (unpaired) electrons. The van der Waals surface area contributed by atoms with Crippen molar-refractivity contribution in [2.24, 2.45) is 7.05 Å². The molecule has 146 valence electrons. The Bertz CT molecular complexity index is 1210. The Labute approximate surface area is 161 Å². The summed E-state index contributed by atoms with van der Waals surface area (Å²) >= 11 is 1.48. The Morgan fingerprint density at radius 1 is 1.36 bits per heavy atom. The number of alkyl halides is 3. The van der Waals surface area contributed by atoms with Crippen molar-refractivity contribution in [1.29, 1.82) is 0 Å². The van der Waals surface area contributed by atoms with E-state index in [1.165, 1.54) is 35.5 Å². The number of hydrogen-bond acceptors (Lipinski definition) is 5. The molecule has 1 amide bonds. The van der Waals surface area contributed by atoms with Gasteiger partial charge in [-0.15, -0.1) is 11.3 Å². The number of rotatable bonds is 3. The van der Waals surface area contributed by atoms with E-state index in [2.05, 4.69) is 15.1 Å². The van der Waals surface area contributed by atoms with E-state index in [1.54, 1.807) is 7.05 Å². The molecule has 28 heavy (non-hydrogen) atoms. The average molecular weight is 408 g/mol. The molecule has 0 atom stereocenters. The van der Waals surface area contributed by atoms with Gasteiger partial charge >= 0.3 is 6.18 Å². The summed E-state index contributed by atoms with van der Waals surface area (Å²) in [7, 11) is 2.97. The largest absolute Gasteiger partial charge is 0.435 e. The molecule has 4 aromatic rings. The number of aryl methyl sites for hydroxylation is 2. The number of carbonyl (C=O) groups excluding carboxylic acids is 1. The number of amides is 1. The van der Waals surface area contributed by atoms with Crippen LogP contribution in [0, 0.1) is 6.92 Å². The van der Waals surface area contributed by atoms with E-state index in [0.29, 0.717) is 0 Å². The molecule has 7 nitrogen and oxygen atoms in total. The summed E-state index contributed by atoms with van der Waals surface area (Å²) in [6.45, 7) is 2.12. The van der Waals surface area contributed by atoms with Gasteiger partial charge in [-0.1, -0.05) is 0 Å². The molecule has 4 heterocycles. The van der Waals surface area contributed by atoms with Crippen molar-refractivity contribution in [3.8, 4) is 0 Å². The van der Waals surface area contributed by atoms with Crippen LogP contribution in [0.3, 0.4) is 0 Å². The maximum atomic E-state index is 13.2. The first-order valence-electron chi connectivity index (χ1n) is 8.23. The van der Waals surface area contributed by atoms with E-state index in [-0.39, 0.29) is 23.1 Å². The summed E-state index contributed by atoms with van der Waals surface area (Å²) in [6.07, 6.45) is -1.49. The van der Waals surface area contributed by atoms with Crippen LogP contribution in [-0.2, 0) is 19.8 Å². The average Bonchev–Trinajstić information content (AvgIpc) is 3.29. The molecule has 0 aliphatic heterocycles. The Morgan fingerprint density at radius 2 is 2.11 bits per heavy atom. The van der Waals surface area contributed by atoms with Crippen molar-refractivity contribution in [3.63, 3.8) is 0 Å². The number of hydrogen-bond donors (Lipinski definition) is 0. The first-order valence-corrected chi connectivity index (χ1v) is 9.11. The molecule has 0 saturated heterocycles. The number of pyridine rings is 1. The number of aromatic nitrogens is 5. The molecule has 11 heteroatoms. The lowest BCUT2D eigenvalue weighted by Gasteiger charge is -2.17. The standard InChI is InChI=1S/C17H15F3N6OS/c1-9-12(26-4-5-28-16(26)22-9)8-24(2)15(27)10-6-11-13(17(18,19)20)23-25(3)14(11)21-7-10/h4-7H,8H2,1-3H3. The van der Waals surface area contributed by atoms with Gasteiger partial charge in [-0.25, -0.2) is 14.6 Å². The molecule has 0 N–H and O–H groups in total. The number of carbonyl (C=O) groups is 1. The highest BCUT2D eigenvalue weighted by atomic mass is 32.1. The molecule has 4 aromatic heterocycles. The van der Waals surface area contributed by atoms with Gasteiger partial charge in [0, 0.05) is 31.9 Å². The summed E-state index contributed by atoms with van der Waals surface area (Å²) < 4.78 is 42.6. The maximum Gasteiger partial charge on any atom is 0.435 e. The van der Waals surface area contributed by atoms with Gasteiger partial charge in [0.1, 0.15) is 0 Å². The maximum absolute atomic E-state index is 13.2. The second-order valence-corrected chi connectivity index (χ2v) is 7.30. The second kappa shape index (κ2) is 6.30. The summed E-state index contributed by atoms with van der Waals surface area (Å²) in [4.78, 5) is 23.5. The van der Waals surface area contributed by atoms with Crippen LogP contribution in [0.5, 0.6) is 0 Å². The molecule has 0 spiro atoms. The zero-order valence-electron chi connectivity index (χ0n) is 15.2. The molecule has 0 bridgehead atoms. The molecule has 0 aliphatic rings. The van der Waals surface area contributed by atoms with Crippen LogP contribution in [-0.4, -0.2) is 42.0 Å². The van der Waals surface area contributed by atoms with E-state index < -0.39 is 17.8 Å². The third-order valence-corrected chi connectivity index (χ3v) is 5.25. The van der Waals surface area contributed by atoms with Gasteiger partial charge in [0.25, 0.3) is 5.91 Å². The highest BCUT2D eigenvalue weighted by Gasteiger charge is 2.37. The Balaban J connectivity index is 1.68. The monoisotopic (exact) mass is 408 g/mol. The lowest BCUT2D eigenvalue weighted by molar-refractivity contribution is -0.140. The van der Waals surface area contributed by atoms with Gasteiger partial charge in [0.15, 0.2) is 16.3 Å². The molecule has 0 unspecified atom stereocenters. The van der Waals surface area contributed by atoms with Crippen LogP contribution in [0.25, 0.3) is 16.0 Å². The Hall–Kier alpha value is -2.95. The summed E-state index contributed by atoms with van der Waals surface area (Å²) in [5.74, 6) is -0.434. The molecular weight excluding hydrogens is 393 g/mol. The number of fused-ring (bicyclic) bond motifs is 2. The highest BCUT2D eigenvalue weighted by Crippen LogP contribution is 2.33. The van der Waals surface area contributed by atoms with Gasteiger partial charge in [-0.05, 0) is 13.0 Å². The third kappa shape index (κ3) is 2.91. The zero-order valence-corrected chi connectivity index (χ0v) is 16.0. The number of thiazole rings is 1. The normalized spacial score (nSPS) is 12.2.